The Morgan fingerprint density at radius 1 is 0.947 bits per heavy atom. The molecule has 2 aromatic carbocycles. The normalized spacial score (nSPS) is 20.7. The van der Waals surface area contributed by atoms with Crippen LogP contribution in [0.5, 0.6) is 5.75 Å². The molecule has 4 rings (SSSR count). The van der Waals surface area contributed by atoms with Crippen molar-refractivity contribution in [2.24, 2.45) is 11.5 Å². The van der Waals surface area contributed by atoms with Gasteiger partial charge in [0.1, 0.15) is 23.9 Å². The topological polar surface area (TPSA) is 159 Å². The molecule has 0 bridgehead atoms. The maximum Gasteiger partial charge on any atom is 0.246 e. The number of primary amides is 1. The molecule has 0 radical (unpaired) electrons. The van der Waals surface area contributed by atoms with Crippen LogP contribution in [0.3, 0.4) is 0 Å². The Morgan fingerprint density at radius 2 is 1.63 bits per heavy atom. The van der Waals surface area contributed by atoms with Gasteiger partial charge in [-0.05, 0) is 42.5 Å². The first-order chi connectivity index (χ1) is 18.2. The average molecular weight is 540 g/mol. The number of hydrogen-bond donors (Lipinski definition) is 4. The van der Waals surface area contributed by atoms with Crippen molar-refractivity contribution in [1.82, 2.24) is 15.1 Å². The number of carbonyl (C=O) groups excluding carboxylic acids is 4. The molecule has 202 valence electrons. The maximum atomic E-state index is 13.5. The Hall–Kier alpha value is -3.57. The van der Waals surface area contributed by atoms with Gasteiger partial charge in [0.15, 0.2) is 0 Å². The van der Waals surface area contributed by atoms with Gasteiger partial charge in [-0.3, -0.25) is 19.2 Å². The number of hydrogen-bond acceptors (Lipinski definition) is 7. The van der Waals surface area contributed by atoms with Crippen LogP contribution in [0.15, 0.2) is 54.6 Å². The minimum Gasteiger partial charge on any atom is -0.508 e. The van der Waals surface area contributed by atoms with Crippen molar-refractivity contribution in [2.45, 2.75) is 49.9 Å². The van der Waals surface area contributed by atoms with Crippen LogP contribution in [0.25, 0.3) is 0 Å². The van der Waals surface area contributed by atoms with Gasteiger partial charge in [0.05, 0.1) is 11.9 Å². The van der Waals surface area contributed by atoms with E-state index in [1.807, 2.05) is 30.3 Å². The number of benzene rings is 2. The van der Waals surface area contributed by atoms with Crippen molar-refractivity contribution in [3.05, 3.63) is 65.7 Å². The first-order valence-electron chi connectivity index (χ1n) is 12.6. The standard InChI is InChI=1S/C27H33N5O5S/c28-20(13-18-8-10-19(33)11-9-18)26(36)32-16-38-15-23(32)25(35)30-21(14-17-5-2-1-3-6-17)27(37)31-12-4-7-22(31)24(29)34/h1-3,5-6,8-11,20-23,33H,4,7,12-16,28H2,(H2,29,34)(H,30,35)/t20-,21+,22-,23-/m0/s1. The third kappa shape index (κ3) is 6.46. The Balaban J connectivity index is 1.47. The van der Waals surface area contributed by atoms with E-state index in [9.17, 15) is 24.3 Å². The van der Waals surface area contributed by atoms with Crippen molar-refractivity contribution < 1.29 is 24.3 Å². The number of carbonyl (C=O) groups is 4. The number of likely N-dealkylation sites (tertiary alicyclic amines) is 1. The van der Waals surface area contributed by atoms with Crippen LogP contribution in [0.2, 0.25) is 0 Å². The van der Waals surface area contributed by atoms with Crippen molar-refractivity contribution in [2.75, 3.05) is 18.2 Å². The summed E-state index contributed by atoms with van der Waals surface area (Å²) in [7, 11) is 0. The largest absolute Gasteiger partial charge is 0.508 e. The first kappa shape index (κ1) is 27.5. The van der Waals surface area contributed by atoms with Gasteiger partial charge in [0.2, 0.25) is 23.6 Å². The van der Waals surface area contributed by atoms with Gasteiger partial charge < -0.3 is 31.7 Å². The summed E-state index contributed by atoms with van der Waals surface area (Å²) in [6.07, 6.45) is 1.65. The highest BCUT2D eigenvalue weighted by atomic mass is 32.2. The molecule has 2 aliphatic heterocycles. The van der Waals surface area contributed by atoms with Crippen LogP contribution < -0.4 is 16.8 Å². The molecule has 2 fully saturated rings. The van der Waals surface area contributed by atoms with Crippen molar-refractivity contribution in [3.63, 3.8) is 0 Å². The fourth-order valence-corrected chi connectivity index (χ4v) is 6.07. The molecule has 0 aromatic heterocycles. The van der Waals surface area contributed by atoms with E-state index in [1.165, 1.54) is 33.7 Å². The van der Waals surface area contributed by atoms with Gasteiger partial charge in [-0.1, -0.05) is 42.5 Å². The van der Waals surface area contributed by atoms with Gasteiger partial charge >= 0.3 is 0 Å². The zero-order valence-corrected chi connectivity index (χ0v) is 21.8. The maximum absolute atomic E-state index is 13.5. The number of phenols is 1. The SMILES string of the molecule is NC(=O)[C@@H]1CCCN1C(=O)[C@@H](Cc1ccccc1)NC(=O)[C@@H]1CSCN1C(=O)[C@@H](N)Cc1ccc(O)cc1. The number of nitrogens with one attached hydrogen (secondary N) is 1. The van der Waals surface area contributed by atoms with E-state index in [0.717, 1.165) is 11.1 Å². The molecule has 2 saturated heterocycles. The minimum atomic E-state index is -0.918. The van der Waals surface area contributed by atoms with E-state index in [0.29, 0.717) is 31.0 Å². The number of rotatable bonds is 9. The summed E-state index contributed by atoms with van der Waals surface area (Å²) < 4.78 is 0. The second-order valence-electron chi connectivity index (χ2n) is 9.64. The number of nitrogens with two attached hydrogens (primary N) is 2. The summed E-state index contributed by atoms with van der Waals surface area (Å²) in [5.41, 5.74) is 13.4. The number of amides is 4. The van der Waals surface area contributed by atoms with Crippen LogP contribution >= 0.6 is 11.8 Å². The number of thioether (sulfide) groups is 1. The van der Waals surface area contributed by atoms with Crippen LogP contribution in [-0.4, -0.2) is 80.9 Å². The van der Waals surface area contributed by atoms with E-state index < -0.39 is 36.0 Å². The van der Waals surface area contributed by atoms with Crippen LogP contribution in [0.4, 0.5) is 0 Å². The highest BCUT2D eigenvalue weighted by Gasteiger charge is 2.40. The molecular weight excluding hydrogens is 506 g/mol. The molecule has 38 heavy (non-hydrogen) atoms. The van der Waals surface area contributed by atoms with Gasteiger partial charge in [-0.2, -0.15) is 0 Å². The van der Waals surface area contributed by atoms with Crippen molar-refractivity contribution >= 4 is 35.4 Å². The molecule has 4 amide bonds. The predicted octanol–water partition coefficient (Wildman–Crippen LogP) is 0.367. The number of aromatic hydroxyl groups is 1. The Kier molecular flexibility index (Phi) is 8.90. The average Bonchev–Trinajstić information content (AvgIpc) is 3.60. The fourth-order valence-electron chi connectivity index (χ4n) is 4.91. The smallest absolute Gasteiger partial charge is 0.246 e. The Bertz CT molecular complexity index is 1160. The highest BCUT2D eigenvalue weighted by molar-refractivity contribution is 7.99. The Morgan fingerprint density at radius 3 is 2.32 bits per heavy atom. The second-order valence-corrected chi connectivity index (χ2v) is 10.6. The summed E-state index contributed by atoms with van der Waals surface area (Å²) in [6, 6.07) is 12.5. The van der Waals surface area contributed by atoms with E-state index in [1.54, 1.807) is 12.1 Å². The summed E-state index contributed by atoms with van der Waals surface area (Å²) in [5, 5.41) is 12.3. The minimum absolute atomic E-state index is 0.122. The molecule has 0 aliphatic carbocycles. The van der Waals surface area contributed by atoms with Crippen LogP contribution in [0.1, 0.15) is 24.0 Å². The van der Waals surface area contributed by atoms with Gasteiger partial charge in [0.25, 0.3) is 0 Å². The molecule has 0 saturated carbocycles. The molecule has 0 spiro atoms. The third-order valence-electron chi connectivity index (χ3n) is 6.94. The quantitative estimate of drug-likeness (QED) is 0.358. The van der Waals surface area contributed by atoms with Gasteiger partial charge in [-0.25, -0.2) is 0 Å². The lowest BCUT2D eigenvalue weighted by Gasteiger charge is -2.30. The third-order valence-corrected chi connectivity index (χ3v) is 7.95. The number of phenolic OH excluding ortho intramolecular Hbond substituents is 1. The van der Waals surface area contributed by atoms with E-state index in [-0.39, 0.29) is 30.4 Å². The van der Waals surface area contributed by atoms with E-state index >= 15 is 0 Å². The lowest BCUT2D eigenvalue weighted by atomic mass is 10.0. The zero-order chi connectivity index (χ0) is 27.2. The van der Waals surface area contributed by atoms with Crippen LogP contribution in [0, 0.1) is 0 Å². The monoisotopic (exact) mass is 539 g/mol. The summed E-state index contributed by atoms with van der Waals surface area (Å²) in [6.45, 7) is 0.392. The van der Waals surface area contributed by atoms with Gasteiger partial charge in [0, 0.05) is 18.7 Å². The van der Waals surface area contributed by atoms with Gasteiger partial charge in [-0.15, -0.1) is 11.8 Å². The Labute approximate surface area is 225 Å². The molecule has 4 atom stereocenters. The van der Waals surface area contributed by atoms with E-state index in [4.69, 9.17) is 11.5 Å². The molecule has 0 unspecified atom stereocenters. The number of nitrogens with zero attached hydrogens (tertiary/aromatic N) is 2. The van der Waals surface area contributed by atoms with Crippen molar-refractivity contribution in [3.8, 4) is 5.75 Å². The fraction of sp³-hybridized carbons (Fsp3) is 0.407. The first-order valence-corrected chi connectivity index (χ1v) is 13.8. The summed E-state index contributed by atoms with van der Waals surface area (Å²) in [4.78, 5) is 55.0. The summed E-state index contributed by atoms with van der Waals surface area (Å²) >= 11 is 1.44. The predicted molar refractivity (Wildman–Crippen MR) is 144 cm³/mol. The lowest BCUT2D eigenvalue weighted by molar-refractivity contribution is -0.143. The summed E-state index contributed by atoms with van der Waals surface area (Å²) in [5.74, 6) is -0.913. The molecule has 2 heterocycles. The molecule has 6 N–H and O–H groups in total. The molecule has 2 aliphatic rings. The lowest BCUT2D eigenvalue weighted by Crippen LogP contribution is -2.58. The molecular formula is C27H33N5O5S. The molecule has 2 aromatic rings. The van der Waals surface area contributed by atoms with Crippen molar-refractivity contribution in [1.29, 1.82) is 0 Å². The molecule has 10 nitrogen and oxygen atoms in total. The van der Waals surface area contributed by atoms with Crippen LogP contribution in [-0.2, 0) is 32.0 Å². The second kappa shape index (κ2) is 12.3. The highest BCUT2D eigenvalue weighted by Crippen LogP contribution is 2.24. The zero-order valence-electron chi connectivity index (χ0n) is 21.0. The van der Waals surface area contributed by atoms with E-state index in [2.05, 4.69) is 5.32 Å². The molecule has 11 heteroatoms.